The Morgan fingerprint density at radius 3 is 2.72 bits per heavy atom. The van der Waals surface area contributed by atoms with Gasteiger partial charge in [-0.1, -0.05) is 0 Å². The number of hydrogen-bond acceptors (Lipinski definition) is 7. The normalized spacial score (nSPS) is 25.9. The summed E-state index contributed by atoms with van der Waals surface area (Å²) in [6.07, 6.45) is 2.48. The molecule has 6 heterocycles. The van der Waals surface area contributed by atoms with E-state index in [1.54, 1.807) is 0 Å². The average Bonchev–Trinajstić information content (AvgIpc) is 3.76. The molecular weight excluding hydrogens is 657 g/mol. The van der Waals surface area contributed by atoms with Gasteiger partial charge in [0.2, 0.25) is 11.8 Å². The Kier molecular flexibility index (Phi) is 7.99. The molecule has 0 N–H and O–H groups in total. The van der Waals surface area contributed by atoms with Crippen molar-refractivity contribution in [2.75, 3.05) is 39.9 Å². The number of carbonyl (C=O) groups excluding carboxylic acids is 2. The first-order chi connectivity index (χ1) is 21.8. The number of fused-ring (bicyclic) bond motifs is 4. The fourth-order valence-electron chi connectivity index (χ4n) is 7.96. The van der Waals surface area contributed by atoms with E-state index in [9.17, 15) is 9.59 Å². The molecule has 0 radical (unpaired) electrons. The van der Waals surface area contributed by atoms with Gasteiger partial charge in [0.15, 0.2) is 5.82 Å². The summed E-state index contributed by atoms with van der Waals surface area (Å²) in [5, 5.41) is 1.47. The molecule has 10 nitrogen and oxygen atoms in total. The minimum atomic E-state index is -0.609. The molecular formula is C34H43BrFN5O5. The molecule has 5 fully saturated rings. The Balaban J connectivity index is 1.41. The number of rotatable bonds is 6. The van der Waals surface area contributed by atoms with Crippen LogP contribution in [0.2, 0.25) is 0 Å². The van der Waals surface area contributed by atoms with Crippen molar-refractivity contribution in [3.63, 3.8) is 0 Å². The molecule has 248 valence electrons. The molecule has 2 aromatic heterocycles. The van der Waals surface area contributed by atoms with Crippen molar-refractivity contribution in [3.8, 4) is 5.88 Å². The van der Waals surface area contributed by atoms with Crippen molar-refractivity contribution >= 4 is 49.7 Å². The van der Waals surface area contributed by atoms with E-state index in [1.807, 2.05) is 43.6 Å². The lowest BCUT2D eigenvalue weighted by atomic mass is 9.79. The predicted molar refractivity (Wildman–Crippen MR) is 175 cm³/mol. The molecule has 1 aliphatic carbocycles. The summed E-state index contributed by atoms with van der Waals surface area (Å²) in [4.78, 5) is 37.1. The molecule has 4 aliphatic heterocycles. The van der Waals surface area contributed by atoms with Crippen molar-refractivity contribution < 1.29 is 28.2 Å². The number of aromatic nitrogens is 2. The lowest BCUT2D eigenvalue weighted by molar-refractivity contribution is -0.143. The van der Waals surface area contributed by atoms with Gasteiger partial charge < -0.3 is 28.6 Å². The summed E-state index contributed by atoms with van der Waals surface area (Å²) in [5.74, 6) is 0.0661. The van der Waals surface area contributed by atoms with Gasteiger partial charge in [-0.2, -0.15) is 0 Å². The van der Waals surface area contributed by atoms with Crippen molar-refractivity contribution in [2.24, 2.45) is 5.92 Å². The Hall–Kier alpha value is -2.96. The largest absolute Gasteiger partial charge is 0.472 e. The van der Waals surface area contributed by atoms with Crippen molar-refractivity contribution in [1.82, 2.24) is 24.3 Å². The van der Waals surface area contributed by atoms with E-state index in [-0.39, 0.29) is 54.3 Å². The molecule has 12 heteroatoms. The second-order valence-corrected chi connectivity index (χ2v) is 15.3. The van der Waals surface area contributed by atoms with E-state index >= 15 is 4.39 Å². The number of likely N-dealkylation sites (tertiary alicyclic amines) is 1. The molecule has 2 amide bonds. The summed E-state index contributed by atoms with van der Waals surface area (Å²) in [5.41, 5.74) is 2.11. The van der Waals surface area contributed by atoms with Gasteiger partial charge in [0, 0.05) is 36.1 Å². The van der Waals surface area contributed by atoms with E-state index in [2.05, 4.69) is 45.4 Å². The van der Waals surface area contributed by atoms with Crippen LogP contribution in [-0.4, -0.2) is 99.9 Å². The van der Waals surface area contributed by atoms with Crippen LogP contribution >= 0.6 is 15.9 Å². The smallest absolute Gasteiger partial charge is 0.410 e. The first-order valence-electron chi connectivity index (χ1n) is 16.4. The first kappa shape index (κ1) is 31.6. The SMILES string of the molecule is Cc1cc2c(nc(O[C@@H](C)[C@@H]3CCCN3C)c3cc(CN4CCOCC4=O)n([C@H]4[C@@H]5C[C@H]4N(C(=O)OC(C)(C)C)C5)c32)c(F)c1Br. The number of aryl methyl sites for hydroxylation is 1. The van der Waals surface area contributed by atoms with Crippen LogP contribution in [0.25, 0.3) is 21.8 Å². The highest BCUT2D eigenvalue weighted by atomic mass is 79.9. The van der Waals surface area contributed by atoms with Gasteiger partial charge >= 0.3 is 6.09 Å². The zero-order valence-electron chi connectivity index (χ0n) is 27.4. The van der Waals surface area contributed by atoms with Crippen molar-refractivity contribution in [3.05, 3.63) is 33.7 Å². The minimum Gasteiger partial charge on any atom is -0.472 e. The summed E-state index contributed by atoms with van der Waals surface area (Å²) in [6, 6.07) is 4.10. The third kappa shape index (κ3) is 5.34. The highest BCUT2D eigenvalue weighted by Gasteiger charge is 2.56. The van der Waals surface area contributed by atoms with Gasteiger partial charge in [0.05, 0.1) is 40.6 Å². The summed E-state index contributed by atoms with van der Waals surface area (Å²) < 4.78 is 36.6. The highest BCUT2D eigenvalue weighted by Crippen LogP contribution is 2.53. The maximum absolute atomic E-state index is 16.1. The number of halogens is 2. The molecule has 0 unspecified atom stereocenters. The Labute approximate surface area is 277 Å². The second-order valence-electron chi connectivity index (χ2n) is 14.5. The van der Waals surface area contributed by atoms with Crippen LogP contribution in [0.1, 0.15) is 64.3 Å². The highest BCUT2D eigenvalue weighted by molar-refractivity contribution is 9.10. The lowest BCUT2D eigenvalue weighted by Crippen LogP contribution is -2.45. The standard InChI is InChI=1S/C34H43BrFN5O5/c1-18-12-22-29(28(36)27(18)35)37-32(45-19(2)24-8-7-9-38(24)6)23-14-21(16-39-10-11-44-17-26(39)42)41(31(22)23)30-20-13-25(30)40(15-20)33(43)46-34(3,4)5/h12,14,19-20,24-25,30H,7-11,13,15-17H2,1-6H3/t19-,20+,24-,25+,30-/m0/s1. The van der Waals surface area contributed by atoms with E-state index in [4.69, 9.17) is 19.2 Å². The zero-order chi connectivity index (χ0) is 32.7. The van der Waals surface area contributed by atoms with Crippen LogP contribution in [-0.2, 0) is 20.8 Å². The lowest BCUT2D eigenvalue weighted by Gasteiger charge is -2.40. The molecule has 2 bridgehead atoms. The van der Waals surface area contributed by atoms with Gasteiger partial charge in [-0.25, -0.2) is 14.2 Å². The summed E-state index contributed by atoms with van der Waals surface area (Å²) in [6.45, 7) is 12.5. The van der Waals surface area contributed by atoms with E-state index in [0.717, 1.165) is 48.0 Å². The minimum absolute atomic E-state index is 0.0467. The summed E-state index contributed by atoms with van der Waals surface area (Å²) >= 11 is 3.44. The molecule has 3 aromatic rings. The van der Waals surface area contributed by atoms with Crippen LogP contribution in [0.15, 0.2) is 16.6 Å². The number of amides is 2. The van der Waals surface area contributed by atoms with Crippen molar-refractivity contribution in [2.45, 2.75) is 90.3 Å². The number of benzene rings is 1. The van der Waals surface area contributed by atoms with Crippen LogP contribution in [0.3, 0.4) is 0 Å². The third-order valence-corrected chi connectivity index (χ3v) is 11.2. The van der Waals surface area contributed by atoms with Crippen LogP contribution in [0.5, 0.6) is 5.88 Å². The molecule has 4 saturated heterocycles. The predicted octanol–water partition coefficient (Wildman–Crippen LogP) is 5.80. The van der Waals surface area contributed by atoms with Crippen LogP contribution < -0.4 is 4.74 Å². The van der Waals surface area contributed by atoms with Gasteiger partial charge in [0.1, 0.15) is 23.8 Å². The maximum atomic E-state index is 16.1. The van der Waals surface area contributed by atoms with Gasteiger partial charge in [0.25, 0.3) is 0 Å². The van der Waals surface area contributed by atoms with E-state index in [1.165, 1.54) is 0 Å². The fourth-order valence-corrected chi connectivity index (χ4v) is 8.26. The van der Waals surface area contributed by atoms with Gasteiger partial charge in [-0.05, 0) is 101 Å². The number of hydrogen-bond donors (Lipinski definition) is 0. The maximum Gasteiger partial charge on any atom is 0.410 e. The van der Waals surface area contributed by atoms with E-state index < -0.39 is 11.4 Å². The molecule has 1 saturated carbocycles. The molecule has 0 spiro atoms. The number of morpholine rings is 1. The molecule has 5 atom stereocenters. The number of likely N-dealkylation sites (N-methyl/N-ethyl adjacent to an activating group) is 1. The number of nitrogens with zero attached hydrogens (tertiary/aromatic N) is 5. The number of ether oxygens (including phenoxy) is 3. The first-order valence-corrected chi connectivity index (χ1v) is 17.2. The van der Waals surface area contributed by atoms with E-state index in [0.29, 0.717) is 42.0 Å². The Morgan fingerprint density at radius 2 is 2.02 bits per heavy atom. The zero-order valence-corrected chi connectivity index (χ0v) is 29.0. The number of carbonyl (C=O) groups is 2. The van der Waals surface area contributed by atoms with Crippen LogP contribution in [0, 0.1) is 18.7 Å². The number of pyridine rings is 1. The van der Waals surface area contributed by atoms with Gasteiger partial charge in [-0.3, -0.25) is 9.69 Å². The Bertz CT molecular complexity index is 1720. The molecule has 8 rings (SSSR count). The second kappa shape index (κ2) is 11.6. The van der Waals surface area contributed by atoms with Crippen LogP contribution in [0.4, 0.5) is 9.18 Å². The Morgan fingerprint density at radius 1 is 1.24 bits per heavy atom. The third-order valence-electron chi connectivity index (χ3n) is 10.2. The molecule has 5 aliphatic rings. The fraction of sp³-hybridized carbons (Fsp3) is 0.618. The molecule has 46 heavy (non-hydrogen) atoms. The monoisotopic (exact) mass is 699 g/mol. The van der Waals surface area contributed by atoms with Crippen molar-refractivity contribution in [1.29, 1.82) is 0 Å². The molecule has 1 aromatic carbocycles. The topological polar surface area (TPSA) is 89.4 Å². The quantitative estimate of drug-likeness (QED) is 0.321. The van der Waals surface area contributed by atoms with Gasteiger partial charge in [-0.15, -0.1) is 0 Å². The average molecular weight is 701 g/mol. The summed E-state index contributed by atoms with van der Waals surface area (Å²) in [7, 11) is 2.11.